The summed E-state index contributed by atoms with van der Waals surface area (Å²) in [5.74, 6) is 1.53. The minimum absolute atomic E-state index is 0.196. The maximum atomic E-state index is 11.9. The van der Waals surface area contributed by atoms with Crippen LogP contribution in [0.3, 0.4) is 0 Å². The van der Waals surface area contributed by atoms with Gasteiger partial charge in [0.15, 0.2) is 0 Å². The van der Waals surface area contributed by atoms with Gasteiger partial charge in [0.1, 0.15) is 0 Å². The van der Waals surface area contributed by atoms with Crippen molar-refractivity contribution in [2.24, 2.45) is 0 Å². The molecule has 0 saturated carbocycles. The minimum atomic E-state index is 0.196. The highest BCUT2D eigenvalue weighted by Gasteiger charge is 2.39. The van der Waals surface area contributed by atoms with Gasteiger partial charge >= 0.3 is 0 Å². The van der Waals surface area contributed by atoms with Crippen LogP contribution in [0.2, 0.25) is 0 Å². The molecule has 4 heterocycles. The van der Waals surface area contributed by atoms with Gasteiger partial charge in [-0.05, 0) is 43.7 Å². The molecule has 2 aromatic heterocycles. The molecule has 0 N–H and O–H groups in total. The summed E-state index contributed by atoms with van der Waals surface area (Å²) in [5, 5.41) is 6.11. The van der Waals surface area contributed by atoms with Gasteiger partial charge in [0.2, 0.25) is 17.6 Å². The van der Waals surface area contributed by atoms with Crippen molar-refractivity contribution in [3.05, 3.63) is 23.4 Å². The molecule has 2 aliphatic heterocycles. The molecule has 2 aliphatic rings. The van der Waals surface area contributed by atoms with Crippen LogP contribution in [-0.4, -0.2) is 51.0 Å². The molecule has 0 radical (unpaired) electrons. The Balaban J connectivity index is 1.47. The van der Waals surface area contributed by atoms with Gasteiger partial charge in [0.25, 0.3) is 0 Å². The minimum Gasteiger partial charge on any atom is -0.338 e. The predicted octanol–water partition coefficient (Wildman–Crippen LogP) is 2.77. The van der Waals surface area contributed by atoms with Gasteiger partial charge in [-0.15, -0.1) is 11.3 Å². The molecule has 2 saturated heterocycles. The quantitative estimate of drug-likeness (QED) is 0.852. The molecule has 6 nitrogen and oxygen atoms in total. The van der Waals surface area contributed by atoms with Crippen molar-refractivity contribution in [3.8, 4) is 10.7 Å². The zero-order chi connectivity index (χ0) is 16.5. The second-order valence-corrected chi connectivity index (χ2v) is 7.54. The summed E-state index contributed by atoms with van der Waals surface area (Å²) in [5.41, 5.74) is 0. The van der Waals surface area contributed by atoms with Crippen molar-refractivity contribution in [1.82, 2.24) is 19.9 Å². The average molecular weight is 346 g/mol. The fraction of sp³-hybridized carbons (Fsp3) is 0.588. The summed E-state index contributed by atoms with van der Waals surface area (Å²) >= 11 is 1.61. The Hall–Kier alpha value is -1.73. The lowest BCUT2D eigenvalue weighted by molar-refractivity contribution is -0.130. The molecule has 0 aliphatic carbocycles. The highest BCUT2D eigenvalue weighted by atomic mass is 32.1. The topological polar surface area (TPSA) is 62.5 Å². The highest BCUT2D eigenvalue weighted by molar-refractivity contribution is 7.13. The van der Waals surface area contributed by atoms with E-state index in [1.807, 2.05) is 22.4 Å². The van der Waals surface area contributed by atoms with Crippen molar-refractivity contribution in [1.29, 1.82) is 0 Å². The fourth-order valence-corrected chi connectivity index (χ4v) is 4.72. The monoisotopic (exact) mass is 346 g/mol. The molecule has 1 amide bonds. The number of thiophene rings is 1. The third-order valence-electron chi connectivity index (χ3n) is 5.11. The van der Waals surface area contributed by atoms with Crippen LogP contribution >= 0.6 is 11.3 Å². The zero-order valence-corrected chi connectivity index (χ0v) is 14.7. The summed E-state index contributed by atoms with van der Waals surface area (Å²) in [6.07, 6.45) is 4.52. The first kappa shape index (κ1) is 15.8. The van der Waals surface area contributed by atoms with E-state index in [9.17, 15) is 4.79 Å². The van der Waals surface area contributed by atoms with E-state index in [1.165, 1.54) is 6.42 Å². The molecule has 24 heavy (non-hydrogen) atoms. The number of aromatic nitrogens is 2. The third-order valence-corrected chi connectivity index (χ3v) is 5.98. The molecule has 0 aromatic carbocycles. The summed E-state index contributed by atoms with van der Waals surface area (Å²) in [4.78, 5) is 21.9. The number of carbonyl (C=O) groups is 1. The van der Waals surface area contributed by atoms with Crippen LogP contribution in [0.5, 0.6) is 0 Å². The Morgan fingerprint density at radius 2 is 2.17 bits per heavy atom. The number of amides is 1. The van der Waals surface area contributed by atoms with E-state index >= 15 is 0 Å². The molecular weight excluding hydrogens is 324 g/mol. The fourth-order valence-electron chi connectivity index (χ4n) is 4.07. The predicted molar refractivity (Wildman–Crippen MR) is 91.5 cm³/mol. The smallest absolute Gasteiger partial charge is 0.241 e. The molecule has 2 unspecified atom stereocenters. The molecule has 4 rings (SSSR count). The van der Waals surface area contributed by atoms with E-state index in [0.29, 0.717) is 30.3 Å². The van der Waals surface area contributed by atoms with Crippen LogP contribution in [0.4, 0.5) is 0 Å². The number of hydrogen-bond donors (Lipinski definition) is 0. The van der Waals surface area contributed by atoms with E-state index in [4.69, 9.17) is 4.52 Å². The van der Waals surface area contributed by atoms with Gasteiger partial charge in [-0.2, -0.15) is 4.98 Å². The zero-order valence-electron chi connectivity index (χ0n) is 13.9. The maximum Gasteiger partial charge on any atom is 0.241 e. The van der Waals surface area contributed by atoms with Crippen LogP contribution in [0.15, 0.2) is 22.0 Å². The second-order valence-electron chi connectivity index (χ2n) is 6.59. The first-order valence-corrected chi connectivity index (χ1v) is 9.48. The number of hydrogen-bond acceptors (Lipinski definition) is 6. The second kappa shape index (κ2) is 6.64. The highest BCUT2D eigenvalue weighted by Crippen LogP contribution is 2.31. The molecule has 128 valence electrons. The van der Waals surface area contributed by atoms with Gasteiger partial charge in [0.05, 0.1) is 11.4 Å². The molecule has 0 bridgehead atoms. The third kappa shape index (κ3) is 2.98. The molecule has 2 aromatic rings. The van der Waals surface area contributed by atoms with Crippen molar-refractivity contribution in [2.75, 3.05) is 13.1 Å². The summed E-state index contributed by atoms with van der Waals surface area (Å²) < 4.78 is 5.46. The Bertz CT molecular complexity index is 699. The molecule has 0 spiro atoms. The molecular formula is C17H22N4O2S. The number of rotatable bonds is 4. The lowest BCUT2D eigenvalue weighted by Crippen LogP contribution is -2.47. The maximum absolute atomic E-state index is 11.9. The Morgan fingerprint density at radius 1 is 1.33 bits per heavy atom. The van der Waals surface area contributed by atoms with Crippen molar-refractivity contribution in [3.63, 3.8) is 0 Å². The Kier molecular flexibility index (Phi) is 4.37. The molecule has 2 atom stereocenters. The summed E-state index contributed by atoms with van der Waals surface area (Å²) in [6, 6.07) is 4.74. The lowest BCUT2D eigenvalue weighted by Gasteiger charge is -2.33. The first-order chi connectivity index (χ1) is 11.7. The Morgan fingerprint density at radius 3 is 2.96 bits per heavy atom. The van der Waals surface area contributed by atoms with Crippen LogP contribution in [0.1, 0.15) is 38.5 Å². The normalized spacial score (nSPS) is 24.8. The van der Waals surface area contributed by atoms with Crippen LogP contribution in [-0.2, 0) is 11.3 Å². The van der Waals surface area contributed by atoms with Crippen molar-refractivity contribution < 1.29 is 9.32 Å². The van der Waals surface area contributed by atoms with Gasteiger partial charge in [0, 0.05) is 25.6 Å². The Labute approximate surface area is 145 Å². The van der Waals surface area contributed by atoms with Gasteiger partial charge < -0.3 is 9.42 Å². The van der Waals surface area contributed by atoms with Gasteiger partial charge in [-0.3, -0.25) is 9.69 Å². The summed E-state index contributed by atoms with van der Waals surface area (Å²) in [6.45, 7) is 4.28. The van der Waals surface area contributed by atoms with Crippen LogP contribution in [0, 0.1) is 0 Å². The number of nitrogens with zero attached hydrogens (tertiary/aromatic N) is 4. The van der Waals surface area contributed by atoms with E-state index < -0.39 is 0 Å². The number of likely N-dealkylation sites (tertiary alicyclic amines) is 2. The largest absolute Gasteiger partial charge is 0.338 e. The van der Waals surface area contributed by atoms with Crippen molar-refractivity contribution >= 4 is 17.2 Å². The standard InChI is InChI=1S/C17H22N4O2S/c1-12(22)21-9-3-6-14(21)13-5-2-8-20(13)11-16-18-17(19-23-16)15-7-4-10-24-15/h4,7,10,13-14H,2-3,5-6,8-9,11H2,1H3. The average Bonchev–Trinajstić information content (AvgIpc) is 3.35. The van der Waals surface area contributed by atoms with E-state index in [-0.39, 0.29) is 5.91 Å². The van der Waals surface area contributed by atoms with Gasteiger partial charge in [-0.25, -0.2) is 0 Å². The summed E-state index contributed by atoms with van der Waals surface area (Å²) in [7, 11) is 0. The lowest BCUT2D eigenvalue weighted by atomic mass is 10.0. The number of carbonyl (C=O) groups excluding carboxylic acids is 1. The first-order valence-electron chi connectivity index (χ1n) is 8.60. The van der Waals surface area contributed by atoms with E-state index in [1.54, 1.807) is 18.3 Å². The van der Waals surface area contributed by atoms with Crippen LogP contribution < -0.4 is 0 Å². The van der Waals surface area contributed by atoms with E-state index in [2.05, 4.69) is 15.0 Å². The SMILES string of the molecule is CC(=O)N1CCCC1C1CCCN1Cc1nc(-c2cccs2)no1. The molecule has 7 heteroatoms. The molecule has 2 fully saturated rings. The van der Waals surface area contributed by atoms with E-state index in [0.717, 1.165) is 37.2 Å². The van der Waals surface area contributed by atoms with Crippen LogP contribution in [0.25, 0.3) is 10.7 Å². The van der Waals surface area contributed by atoms with Gasteiger partial charge in [-0.1, -0.05) is 11.2 Å². The van der Waals surface area contributed by atoms with Crippen molar-refractivity contribution in [2.45, 2.75) is 51.2 Å².